The molecule has 1 aromatic heterocycles. The zero-order valence-corrected chi connectivity index (χ0v) is 14.0. The number of carbonyl (C=O) groups is 1. The summed E-state index contributed by atoms with van der Waals surface area (Å²) >= 11 is 1.59. The second-order valence-corrected chi connectivity index (χ2v) is 6.62. The lowest BCUT2D eigenvalue weighted by atomic mass is 10.0. The first kappa shape index (κ1) is 16.0. The number of likely N-dealkylation sites (N-methyl/N-ethyl adjacent to an activating group) is 1. The lowest BCUT2D eigenvalue weighted by molar-refractivity contribution is 0.0698. The molecule has 6 nitrogen and oxygen atoms in total. The number of likely N-dealkylation sites (tertiary alicyclic amines) is 1. The maximum Gasteiger partial charge on any atom is 0.253 e. The molecule has 1 unspecified atom stereocenters. The fraction of sp³-hybridized carbons (Fsp3) is 0.438. The van der Waals surface area contributed by atoms with Gasteiger partial charge < -0.3 is 10.2 Å². The number of nitrogens with one attached hydrogen (secondary N) is 2. The first-order valence-electron chi connectivity index (χ1n) is 7.80. The van der Waals surface area contributed by atoms with Crippen molar-refractivity contribution in [2.75, 3.05) is 20.1 Å². The van der Waals surface area contributed by atoms with Gasteiger partial charge in [-0.15, -0.1) is 0 Å². The molecule has 1 saturated heterocycles. The maximum atomic E-state index is 12.6. The number of carbonyl (C=O) groups excluding carboxylic acids is 1. The number of benzene rings is 1. The van der Waals surface area contributed by atoms with Crippen LogP contribution in [0.15, 0.2) is 35.7 Å². The zero-order chi connectivity index (χ0) is 16.1. The summed E-state index contributed by atoms with van der Waals surface area (Å²) in [5.41, 5.74) is 1.92. The lowest BCUT2D eigenvalue weighted by Crippen LogP contribution is -2.46. The van der Waals surface area contributed by atoms with Crippen molar-refractivity contribution in [3.05, 3.63) is 41.7 Å². The topological polar surface area (TPSA) is 73.9 Å². The second kappa shape index (κ2) is 7.61. The van der Waals surface area contributed by atoms with E-state index in [4.69, 9.17) is 0 Å². The minimum absolute atomic E-state index is 0.124. The molecule has 7 heteroatoms. The number of amides is 1. The highest BCUT2D eigenvalue weighted by Crippen LogP contribution is 2.19. The number of rotatable bonds is 5. The maximum absolute atomic E-state index is 12.6. The molecule has 0 spiro atoms. The summed E-state index contributed by atoms with van der Waals surface area (Å²) in [4.78, 5) is 18.6. The van der Waals surface area contributed by atoms with E-state index in [0.29, 0.717) is 6.04 Å². The van der Waals surface area contributed by atoms with Gasteiger partial charge in [0.2, 0.25) is 0 Å². The Bertz CT molecular complexity index is 628. The van der Waals surface area contributed by atoms with Crippen LogP contribution in [0.4, 0.5) is 0 Å². The SMILES string of the molecule is CNC1CCCN(C(=O)c2ccc(CSc3ncn[nH]3)cc2)C1. The Morgan fingerprint density at radius 1 is 1.43 bits per heavy atom. The van der Waals surface area contributed by atoms with Gasteiger partial charge in [-0.2, -0.15) is 5.10 Å². The Kier molecular flexibility index (Phi) is 5.30. The zero-order valence-electron chi connectivity index (χ0n) is 13.2. The van der Waals surface area contributed by atoms with Crippen molar-refractivity contribution in [2.45, 2.75) is 29.8 Å². The third kappa shape index (κ3) is 4.11. The molecular formula is C16H21N5OS. The minimum atomic E-state index is 0.124. The van der Waals surface area contributed by atoms with E-state index in [2.05, 4.69) is 20.5 Å². The molecular weight excluding hydrogens is 310 g/mol. The number of hydrogen-bond donors (Lipinski definition) is 2. The summed E-state index contributed by atoms with van der Waals surface area (Å²) in [6, 6.07) is 8.26. The fourth-order valence-corrected chi connectivity index (χ4v) is 3.47. The molecule has 1 atom stereocenters. The Morgan fingerprint density at radius 2 is 2.26 bits per heavy atom. The highest BCUT2D eigenvalue weighted by atomic mass is 32.2. The van der Waals surface area contributed by atoms with E-state index in [0.717, 1.165) is 48.0 Å². The van der Waals surface area contributed by atoms with Crippen LogP contribution in [-0.4, -0.2) is 52.2 Å². The van der Waals surface area contributed by atoms with Gasteiger partial charge in [-0.25, -0.2) is 4.98 Å². The molecule has 23 heavy (non-hydrogen) atoms. The highest BCUT2D eigenvalue weighted by molar-refractivity contribution is 7.98. The van der Waals surface area contributed by atoms with Crippen LogP contribution in [0.2, 0.25) is 0 Å². The molecule has 2 aromatic rings. The van der Waals surface area contributed by atoms with Crippen molar-refractivity contribution in [1.29, 1.82) is 0 Å². The van der Waals surface area contributed by atoms with E-state index in [9.17, 15) is 4.79 Å². The molecule has 1 aromatic carbocycles. The molecule has 0 aliphatic carbocycles. The Morgan fingerprint density at radius 3 is 2.96 bits per heavy atom. The predicted octanol–water partition coefficient (Wildman–Crippen LogP) is 1.92. The van der Waals surface area contributed by atoms with Crippen molar-refractivity contribution in [2.24, 2.45) is 0 Å². The minimum Gasteiger partial charge on any atom is -0.337 e. The van der Waals surface area contributed by atoms with Crippen LogP contribution < -0.4 is 5.32 Å². The van der Waals surface area contributed by atoms with Crippen LogP contribution in [0, 0.1) is 0 Å². The number of nitrogens with zero attached hydrogens (tertiary/aromatic N) is 3. The van der Waals surface area contributed by atoms with E-state index < -0.39 is 0 Å². The Balaban J connectivity index is 1.58. The van der Waals surface area contributed by atoms with Crippen molar-refractivity contribution in [3.63, 3.8) is 0 Å². The van der Waals surface area contributed by atoms with Gasteiger partial charge in [0.05, 0.1) is 0 Å². The summed E-state index contributed by atoms with van der Waals surface area (Å²) < 4.78 is 0. The molecule has 1 aliphatic rings. The van der Waals surface area contributed by atoms with Gasteiger partial charge in [-0.05, 0) is 37.6 Å². The molecule has 1 amide bonds. The van der Waals surface area contributed by atoms with Crippen LogP contribution in [0.1, 0.15) is 28.8 Å². The number of H-pyrrole nitrogens is 1. The standard InChI is InChI=1S/C16H21N5OS/c1-17-14-3-2-8-21(9-14)15(22)13-6-4-12(5-7-13)10-23-16-18-11-19-20-16/h4-7,11,14,17H,2-3,8-10H2,1H3,(H,18,19,20). The van der Waals surface area contributed by atoms with Crippen LogP contribution in [-0.2, 0) is 5.75 Å². The summed E-state index contributed by atoms with van der Waals surface area (Å²) in [7, 11) is 1.96. The Hall–Kier alpha value is -1.86. The number of hydrogen-bond acceptors (Lipinski definition) is 5. The average molecular weight is 331 g/mol. The smallest absolute Gasteiger partial charge is 0.253 e. The third-order valence-corrected chi connectivity index (χ3v) is 5.03. The number of aromatic nitrogens is 3. The first-order valence-corrected chi connectivity index (χ1v) is 8.78. The largest absolute Gasteiger partial charge is 0.337 e. The third-order valence-electron chi connectivity index (χ3n) is 4.09. The highest BCUT2D eigenvalue weighted by Gasteiger charge is 2.23. The van der Waals surface area contributed by atoms with Gasteiger partial charge in [0.15, 0.2) is 5.16 Å². The molecule has 0 saturated carbocycles. The van der Waals surface area contributed by atoms with E-state index in [1.165, 1.54) is 6.33 Å². The van der Waals surface area contributed by atoms with Crippen LogP contribution in [0.3, 0.4) is 0 Å². The molecule has 2 heterocycles. The molecule has 0 radical (unpaired) electrons. The van der Waals surface area contributed by atoms with Gasteiger partial charge in [-0.1, -0.05) is 23.9 Å². The monoisotopic (exact) mass is 331 g/mol. The fourth-order valence-electron chi connectivity index (χ4n) is 2.74. The average Bonchev–Trinajstić information content (AvgIpc) is 3.13. The van der Waals surface area contributed by atoms with Crippen molar-refractivity contribution >= 4 is 17.7 Å². The van der Waals surface area contributed by atoms with E-state index in [1.54, 1.807) is 11.8 Å². The van der Waals surface area contributed by atoms with Crippen LogP contribution >= 0.6 is 11.8 Å². The van der Waals surface area contributed by atoms with Gasteiger partial charge in [0.25, 0.3) is 5.91 Å². The van der Waals surface area contributed by atoms with Crippen molar-refractivity contribution in [1.82, 2.24) is 25.4 Å². The van der Waals surface area contributed by atoms with Gasteiger partial charge in [-0.3, -0.25) is 9.89 Å². The van der Waals surface area contributed by atoms with E-state index >= 15 is 0 Å². The van der Waals surface area contributed by atoms with Gasteiger partial charge in [0, 0.05) is 30.4 Å². The normalized spacial score (nSPS) is 18.1. The van der Waals surface area contributed by atoms with Crippen molar-refractivity contribution < 1.29 is 4.79 Å². The number of aromatic amines is 1. The predicted molar refractivity (Wildman–Crippen MR) is 90.4 cm³/mol. The second-order valence-electron chi connectivity index (χ2n) is 5.66. The number of piperidine rings is 1. The molecule has 0 bridgehead atoms. The summed E-state index contributed by atoms with van der Waals surface area (Å²) in [6.07, 6.45) is 3.70. The summed E-state index contributed by atoms with van der Waals surface area (Å²) in [6.45, 7) is 1.64. The molecule has 3 rings (SSSR count). The molecule has 2 N–H and O–H groups in total. The quantitative estimate of drug-likeness (QED) is 0.819. The molecule has 122 valence electrons. The van der Waals surface area contributed by atoms with E-state index in [-0.39, 0.29) is 5.91 Å². The van der Waals surface area contributed by atoms with E-state index in [1.807, 2.05) is 36.2 Å². The summed E-state index contributed by atoms with van der Waals surface area (Å²) in [5.74, 6) is 0.925. The van der Waals surface area contributed by atoms with Gasteiger partial charge in [0.1, 0.15) is 6.33 Å². The van der Waals surface area contributed by atoms with Gasteiger partial charge >= 0.3 is 0 Å². The summed E-state index contributed by atoms with van der Waals surface area (Å²) in [5, 5.41) is 10.7. The van der Waals surface area contributed by atoms with Crippen molar-refractivity contribution in [3.8, 4) is 0 Å². The molecule has 1 fully saturated rings. The van der Waals surface area contributed by atoms with Crippen LogP contribution in [0.25, 0.3) is 0 Å². The first-order chi connectivity index (χ1) is 11.3. The molecule has 1 aliphatic heterocycles. The van der Waals surface area contributed by atoms with Crippen LogP contribution in [0.5, 0.6) is 0 Å². The number of thioether (sulfide) groups is 1. The Labute approximate surface area is 140 Å². The lowest BCUT2D eigenvalue weighted by Gasteiger charge is -2.32.